The van der Waals surface area contributed by atoms with Gasteiger partial charge in [0.05, 0.1) is 11.7 Å². The summed E-state index contributed by atoms with van der Waals surface area (Å²) in [4.78, 5) is 6.58. The maximum atomic E-state index is 13.2. The fourth-order valence-electron chi connectivity index (χ4n) is 3.22. The zero-order chi connectivity index (χ0) is 18.0. The lowest BCUT2D eigenvalue weighted by Gasteiger charge is -2.21. The van der Waals surface area contributed by atoms with Crippen LogP contribution in [-0.2, 0) is 16.6 Å². The average molecular weight is 390 g/mol. The first-order valence-corrected chi connectivity index (χ1v) is 10.6. The number of nitrogens with zero attached hydrogens (tertiary/aromatic N) is 5. The molecule has 1 aromatic carbocycles. The standard InChI is InChI=1S/C17H19N5O2S2/c23-26(24,16-4-1-3-15-17(16)20-25-19-15)22-10-2-9-21(11-12-22)13-14-5-7-18-8-6-14/h1,3-8H,2,9-13H2. The number of benzene rings is 1. The van der Waals surface area contributed by atoms with E-state index in [4.69, 9.17) is 0 Å². The van der Waals surface area contributed by atoms with Crippen molar-refractivity contribution in [3.63, 3.8) is 0 Å². The van der Waals surface area contributed by atoms with Gasteiger partial charge >= 0.3 is 0 Å². The van der Waals surface area contributed by atoms with Crippen LogP contribution in [-0.4, -0.2) is 57.5 Å². The first-order chi connectivity index (χ1) is 12.6. The molecular formula is C17H19N5O2S2. The highest BCUT2D eigenvalue weighted by molar-refractivity contribution is 7.89. The van der Waals surface area contributed by atoms with Crippen molar-refractivity contribution in [1.29, 1.82) is 0 Å². The van der Waals surface area contributed by atoms with Gasteiger partial charge in [0.1, 0.15) is 15.9 Å². The molecule has 0 bridgehead atoms. The highest BCUT2D eigenvalue weighted by Gasteiger charge is 2.29. The molecule has 1 saturated heterocycles. The largest absolute Gasteiger partial charge is 0.298 e. The summed E-state index contributed by atoms with van der Waals surface area (Å²) in [6.07, 6.45) is 4.37. The van der Waals surface area contributed by atoms with Gasteiger partial charge in [0.2, 0.25) is 10.0 Å². The molecule has 136 valence electrons. The van der Waals surface area contributed by atoms with Crippen LogP contribution in [0.25, 0.3) is 11.0 Å². The Bertz CT molecular complexity index is 991. The van der Waals surface area contributed by atoms with Gasteiger partial charge in [-0.3, -0.25) is 9.88 Å². The Morgan fingerprint density at radius 1 is 1.00 bits per heavy atom. The maximum absolute atomic E-state index is 13.2. The highest BCUT2D eigenvalue weighted by atomic mass is 32.2. The van der Waals surface area contributed by atoms with Crippen LogP contribution in [0.3, 0.4) is 0 Å². The van der Waals surface area contributed by atoms with E-state index in [0.717, 1.165) is 31.2 Å². The smallest absolute Gasteiger partial charge is 0.245 e. The number of sulfonamides is 1. The monoisotopic (exact) mass is 389 g/mol. The van der Waals surface area contributed by atoms with Crippen LogP contribution >= 0.6 is 11.7 Å². The normalized spacial score (nSPS) is 17.4. The summed E-state index contributed by atoms with van der Waals surface area (Å²) in [6, 6.07) is 9.13. The van der Waals surface area contributed by atoms with Crippen LogP contribution in [0.15, 0.2) is 47.6 Å². The molecule has 26 heavy (non-hydrogen) atoms. The lowest BCUT2D eigenvalue weighted by Crippen LogP contribution is -2.35. The molecule has 3 aromatic rings. The Hall–Kier alpha value is -1.94. The summed E-state index contributed by atoms with van der Waals surface area (Å²) < 4.78 is 36.2. The van der Waals surface area contributed by atoms with Crippen molar-refractivity contribution < 1.29 is 8.42 Å². The van der Waals surface area contributed by atoms with Gasteiger partial charge in [-0.15, -0.1) is 0 Å². The summed E-state index contributed by atoms with van der Waals surface area (Å²) in [5.74, 6) is 0. The highest BCUT2D eigenvalue weighted by Crippen LogP contribution is 2.25. The fourth-order valence-corrected chi connectivity index (χ4v) is 5.44. The minimum Gasteiger partial charge on any atom is -0.298 e. The summed E-state index contributed by atoms with van der Waals surface area (Å²) >= 11 is 1.04. The topological polar surface area (TPSA) is 79.3 Å². The molecule has 0 spiro atoms. The average Bonchev–Trinajstić information content (AvgIpc) is 3.01. The predicted octanol–water partition coefficient (Wildman–Crippen LogP) is 1.98. The molecule has 0 saturated carbocycles. The molecule has 0 unspecified atom stereocenters. The Balaban J connectivity index is 1.52. The van der Waals surface area contributed by atoms with E-state index in [1.165, 1.54) is 5.56 Å². The molecule has 2 aromatic heterocycles. The molecule has 4 rings (SSSR count). The van der Waals surface area contributed by atoms with E-state index >= 15 is 0 Å². The lowest BCUT2D eigenvalue weighted by atomic mass is 10.2. The van der Waals surface area contributed by atoms with Gasteiger partial charge in [-0.1, -0.05) is 6.07 Å². The van der Waals surface area contributed by atoms with Gasteiger partial charge in [-0.05, 0) is 42.8 Å². The first-order valence-electron chi connectivity index (χ1n) is 8.47. The van der Waals surface area contributed by atoms with Crippen molar-refractivity contribution in [3.8, 4) is 0 Å². The molecule has 7 nitrogen and oxygen atoms in total. The van der Waals surface area contributed by atoms with E-state index in [9.17, 15) is 8.42 Å². The van der Waals surface area contributed by atoms with E-state index in [2.05, 4.69) is 18.6 Å². The van der Waals surface area contributed by atoms with Crippen LogP contribution in [0.1, 0.15) is 12.0 Å². The van der Waals surface area contributed by atoms with E-state index in [0.29, 0.717) is 30.7 Å². The molecule has 1 aliphatic heterocycles. The third-order valence-corrected chi connectivity index (χ3v) is 7.04. The third-order valence-electron chi connectivity index (χ3n) is 4.57. The molecule has 3 heterocycles. The summed E-state index contributed by atoms with van der Waals surface area (Å²) in [7, 11) is -3.58. The Morgan fingerprint density at radius 2 is 1.85 bits per heavy atom. The van der Waals surface area contributed by atoms with Crippen molar-refractivity contribution in [1.82, 2.24) is 22.9 Å². The Kier molecular flexibility index (Phi) is 4.94. The summed E-state index contributed by atoms with van der Waals surface area (Å²) in [6.45, 7) is 3.37. The second kappa shape index (κ2) is 7.36. The summed E-state index contributed by atoms with van der Waals surface area (Å²) in [5, 5.41) is 0. The second-order valence-electron chi connectivity index (χ2n) is 6.28. The van der Waals surface area contributed by atoms with Gasteiger partial charge in [0.25, 0.3) is 0 Å². The molecule has 0 N–H and O–H groups in total. The van der Waals surface area contributed by atoms with Crippen LogP contribution in [0.5, 0.6) is 0 Å². The van der Waals surface area contributed by atoms with E-state index in [1.54, 1.807) is 34.9 Å². The van der Waals surface area contributed by atoms with Gasteiger partial charge in [0.15, 0.2) is 0 Å². The molecule has 9 heteroatoms. The van der Waals surface area contributed by atoms with Crippen LogP contribution in [0.2, 0.25) is 0 Å². The second-order valence-corrected chi connectivity index (χ2v) is 8.71. The van der Waals surface area contributed by atoms with Crippen molar-refractivity contribution in [2.24, 2.45) is 0 Å². The molecular weight excluding hydrogens is 370 g/mol. The minimum absolute atomic E-state index is 0.256. The lowest BCUT2D eigenvalue weighted by molar-refractivity contribution is 0.278. The van der Waals surface area contributed by atoms with Crippen LogP contribution < -0.4 is 0 Å². The van der Waals surface area contributed by atoms with Gasteiger partial charge in [-0.25, -0.2) is 8.42 Å². The molecule has 1 aliphatic rings. The van der Waals surface area contributed by atoms with E-state index in [1.807, 2.05) is 12.1 Å². The Morgan fingerprint density at radius 3 is 2.69 bits per heavy atom. The quantitative estimate of drug-likeness (QED) is 0.679. The van der Waals surface area contributed by atoms with Crippen LogP contribution in [0, 0.1) is 0 Å². The maximum Gasteiger partial charge on any atom is 0.245 e. The number of pyridine rings is 1. The molecule has 0 radical (unpaired) electrons. The summed E-state index contributed by atoms with van der Waals surface area (Å²) in [5.41, 5.74) is 2.29. The number of fused-ring (bicyclic) bond motifs is 1. The number of hydrogen-bond acceptors (Lipinski definition) is 7. The van der Waals surface area contributed by atoms with Gasteiger partial charge in [0, 0.05) is 38.6 Å². The molecule has 0 aliphatic carbocycles. The molecule has 0 atom stereocenters. The van der Waals surface area contributed by atoms with Crippen LogP contribution in [0.4, 0.5) is 0 Å². The van der Waals surface area contributed by atoms with Crippen molar-refractivity contribution >= 4 is 32.8 Å². The minimum atomic E-state index is -3.58. The number of rotatable bonds is 4. The van der Waals surface area contributed by atoms with Crippen molar-refractivity contribution in [3.05, 3.63) is 48.3 Å². The number of aromatic nitrogens is 3. The zero-order valence-electron chi connectivity index (χ0n) is 14.2. The SMILES string of the molecule is O=S(=O)(c1cccc2nsnc12)N1CCCN(Cc2ccncc2)CC1. The zero-order valence-corrected chi connectivity index (χ0v) is 15.8. The molecule has 1 fully saturated rings. The first kappa shape index (κ1) is 17.5. The van der Waals surface area contributed by atoms with E-state index < -0.39 is 10.0 Å². The van der Waals surface area contributed by atoms with Crippen molar-refractivity contribution in [2.45, 2.75) is 17.9 Å². The predicted molar refractivity (Wildman–Crippen MR) is 100 cm³/mol. The molecule has 0 amide bonds. The van der Waals surface area contributed by atoms with Crippen molar-refractivity contribution in [2.75, 3.05) is 26.2 Å². The third kappa shape index (κ3) is 3.48. The number of hydrogen-bond donors (Lipinski definition) is 0. The Labute approximate surface area is 156 Å². The van der Waals surface area contributed by atoms with E-state index in [-0.39, 0.29) is 4.90 Å². The van der Waals surface area contributed by atoms with Gasteiger partial charge < -0.3 is 0 Å². The van der Waals surface area contributed by atoms with Gasteiger partial charge in [-0.2, -0.15) is 13.1 Å². The fraction of sp³-hybridized carbons (Fsp3) is 0.353.